The third kappa shape index (κ3) is 7.96. The van der Waals surface area contributed by atoms with Crippen LogP contribution in [0.3, 0.4) is 0 Å². The molecule has 6 nitrogen and oxygen atoms in total. The predicted octanol–water partition coefficient (Wildman–Crippen LogP) is 18.2. The van der Waals surface area contributed by atoms with Crippen molar-refractivity contribution in [2.75, 3.05) is 16.5 Å². The molecule has 0 spiro atoms. The largest absolute Gasteiger partial charge is 0.457 e. The van der Waals surface area contributed by atoms with Crippen LogP contribution >= 0.6 is 0 Å². The van der Waals surface area contributed by atoms with Crippen molar-refractivity contribution >= 4 is 66.5 Å². The van der Waals surface area contributed by atoms with Gasteiger partial charge in [-0.05, 0) is 129 Å². The molecule has 0 N–H and O–H groups in total. The molecule has 0 unspecified atom stereocenters. The van der Waals surface area contributed by atoms with Crippen LogP contribution in [0.4, 0.5) is 22.7 Å². The van der Waals surface area contributed by atoms with E-state index in [9.17, 15) is 0 Å². The Balaban J connectivity index is 0.979. The minimum absolute atomic E-state index is 0.00470. The van der Waals surface area contributed by atoms with E-state index in [1.165, 1.54) is 33.6 Å². The lowest BCUT2D eigenvalue weighted by atomic mass is 9.80. The van der Waals surface area contributed by atoms with Crippen LogP contribution in [0.2, 0.25) is 0 Å². The zero-order chi connectivity index (χ0) is 49.5. The van der Waals surface area contributed by atoms with E-state index < -0.39 is 0 Å². The second-order valence-electron chi connectivity index (χ2n) is 22.0. The van der Waals surface area contributed by atoms with E-state index in [0.29, 0.717) is 12.6 Å². The van der Waals surface area contributed by atoms with Crippen molar-refractivity contribution in [3.8, 4) is 39.6 Å². The van der Waals surface area contributed by atoms with E-state index in [2.05, 4.69) is 252 Å². The van der Waals surface area contributed by atoms with Crippen molar-refractivity contribution in [2.45, 2.75) is 72.6 Å². The molecule has 0 saturated heterocycles. The lowest BCUT2D eigenvalue weighted by Gasteiger charge is -2.29. The molecule has 0 saturated carbocycles. The van der Waals surface area contributed by atoms with Gasteiger partial charge in [0.25, 0.3) is 0 Å². The monoisotopic (exact) mass is 940 g/mol. The SMILES string of the molecule is CC(C)Cc1cc(-n2c3cc(Oc4cccc(N5CN(c6cc(C(C)(C)C)cc(C(C)(C)C)c6)c6ccccc65)c4)ccc3c3c(-c4cccc5oc6ccccc6c45)cccc32)ncc1-c1ccccc1. The Morgan fingerprint density at radius 2 is 1.17 bits per heavy atom. The molecule has 11 aromatic rings. The fraction of sp³-hybridized carbons (Fsp3) is 0.197. The van der Waals surface area contributed by atoms with Crippen LogP contribution in [0.1, 0.15) is 72.1 Å². The molecule has 72 heavy (non-hydrogen) atoms. The van der Waals surface area contributed by atoms with E-state index in [1.54, 1.807) is 0 Å². The number of benzene rings is 8. The first-order valence-electron chi connectivity index (χ1n) is 25.4. The number of para-hydroxylation sites is 3. The number of rotatable bonds is 9. The van der Waals surface area contributed by atoms with Crippen LogP contribution in [0.5, 0.6) is 11.5 Å². The summed E-state index contributed by atoms with van der Waals surface area (Å²) in [4.78, 5) is 10.2. The number of furan rings is 1. The van der Waals surface area contributed by atoms with Crippen LogP contribution in [0.15, 0.2) is 193 Å². The summed E-state index contributed by atoms with van der Waals surface area (Å²) in [5, 5.41) is 4.48. The summed E-state index contributed by atoms with van der Waals surface area (Å²) in [6.07, 6.45) is 2.99. The average molecular weight is 941 g/mol. The van der Waals surface area contributed by atoms with E-state index in [4.69, 9.17) is 14.1 Å². The molecule has 0 amide bonds. The molecule has 356 valence electrons. The molecule has 1 aliphatic rings. The quantitative estimate of drug-likeness (QED) is 0.144. The normalized spacial score (nSPS) is 13.1. The van der Waals surface area contributed by atoms with Crippen LogP contribution in [0.25, 0.3) is 71.8 Å². The Labute approximate surface area is 422 Å². The first kappa shape index (κ1) is 45.1. The van der Waals surface area contributed by atoms with Crippen LogP contribution < -0.4 is 14.5 Å². The Kier molecular flexibility index (Phi) is 10.9. The number of anilines is 4. The number of hydrogen-bond donors (Lipinski definition) is 0. The van der Waals surface area contributed by atoms with Gasteiger partial charge in [0.2, 0.25) is 0 Å². The molecule has 8 aromatic carbocycles. The van der Waals surface area contributed by atoms with Gasteiger partial charge in [0.15, 0.2) is 0 Å². The van der Waals surface area contributed by atoms with Gasteiger partial charge < -0.3 is 19.0 Å². The van der Waals surface area contributed by atoms with Gasteiger partial charge in [0, 0.05) is 56.8 Å². The maximum Gasteiger partial charge on any atom is 0.137 e. The lowest BCUT2D eigenvalue weighted by Crippen LogP contribution is -2.25. The van der Waals surface area contributed by atoms with Crippen molar-refractivity contribution < 1.29 is 9.15 Å². The number of nitrogens with zero attached hydrogens (tertiary/aromatic N) is 4. The highest BCUT2D eigenvalue weighted by Crippen LogP contribution is 2.48. The molecular weight excluding hydrogens is 881 g/mol. The third-order valence-corrected chi connectivity index (χ3v) is 14.4. The zero-order valence-corrected chi connectivity index (χ0v) is 42.5. The molecule has 0 bridgehead atoms. The smallest absolute Gasteiger partial charge is 0.137 e. The second-order valence-corrected chi connectivity index (χ2v) is 22.0. The van der Waals surface area contributed by atoms with Gasteiger partial charge in [-0.25, -0.2) is 4.98 Å². The Hall–Kier alpha value is -8.09. The lowest BCUT2D eigenvalue weighted by molar-refractivity contribution is 0.483. The fourth-order valence-corrected chi connectivity index (χ4v) is 10.8. The van der Waals surface area contributed by atoms with Gasteiger partial charge in [-0.1, -0.05) is 152 Å². The van der Waals surface area contributed by atoms with Gasteiger partial charge >= 0.3 is 0 Å². The number of aromatic nitrogens is 2. The van der Waals surface area contributed by atoms with Gasteiger partial charge in [-0.3, -0.25) is 4.57 Å². The van der Waals surface area contributed by atoms with Crippen LogP contribution in [-0.4, -0.2) is 16.2 Å². The molecule has 6 heteroatoms. The Morgan fingerprint density at radius 1 is 0.528 bits per heavy atom. The fourth-order valence-electron chi connectivity index (χ4n) is 10.8. The molecule has 1 aliphatic heterocycles. The highest BCUT2D eigenvalue weighted by atomic mass is 16.5. The number of pyridine rings is 1. The highest BCUT2D eigenvalue weighted by molar-refractivity contribution is 6.21. The number of fused-ring (bicyclic) bond motifs is 7. The summed E-state index contributed by atoms with van der Waals surface area (Å²) in [6, 6.07) is 65.3. The molecule has 0 radical (unpaired) electrons. The summed E-state index contributed by atoms with van der Waals surface area (Å²) < 4.78 is 15.7. The zero-order valence-electron chi connectivity index (χ0n) is 42.5. The number of ether oxygens (including phenoxy) is 1. The summed E-state index contributed by atoms with van der Waals surface area (Å²) in [6.45, 7) is 19.1. The van der Waals surface area contributed by atoms with Gasteiger partial charge in [0.1, 0.15) is 35.2 Å². The molecular formula is C66H60N4O2. The Bertz CT molecular complexity index is 3830. The van der Waals surface area contributed by atoms with Crippen molar-refractivity contribution in [1.29, 1.82) is 0 Å². The summed E-state index contributed by atoms with van der Waals surface area (Å²) in [5.74, 6) is 2.83. The van der Waals surface area contributed by atoms with Gasteiger partial charge in [0.05, 0.1) is 22.4 Å². The maximum atomic E-state index is 6.96. The van der Waals surface area contributed by atoms with E-state index in [0.717, 1.165) is 95.5 Å². The number of hydrogen-bond acceptors (Lipinski definition) is 5. The highest BCUT2D eigenvalue weighted by Gasteiger charge is 2.31. The maximum absolute atomic E-state index is 6.96. The standard InChI is InChI=1S/C66H60N4O2/c1-42(2)33-44-34-62(67-40-55(44)43-19-10-9-11-20-43)70-58-28-17-24-51(52-25-18-30-61-64(52)54-23-12-15-29-60(54)72-61)63(58)53-32-31-50(39-59(53)70)71-49-22-16-21-47(38-49)68-41-69(57-27-14-13-26-56(57)68)48-36-45(65(3,4)5)35-46(37-48)66(6,7)8/h9-32,34-40,42H,33,41H2,1-8H3. The minimum Gasteiger partial charge on any atom is -0.457 e. The molecule has 0 aliphatic carbocycles. The van der Waals surface area contributed by atoms with Crippen molar-refractivity contribution in [2.24, 2.45) is 5.92 Å². The molecule has 0 fully saturated rings. The topological polar surface area (TPSA) is 46.7 Å². The minimum atomic E-state index is 0.00470. The van der Waals surface area contributed by atoms with Gasteiger partial charge in [-0.2, -0.15) is 0 Å². The summed E-state index contributed by atoms with van der Waals surface area (Å²) in [7, 11) is 0. The molecule has 0 atom stereocenters. The van der Waals surface area contributed by atoms with E-state index in [1.807, 2.05) is 6.07 Å². The third-order valence-electron chi connectivity index (χ3n) is 14.4. The van der Waals surface area contributed by atoms with Gasteiger partial charge in [-0.15, -0.1) is 0 Å². The Morgan fingerprint density at radius 3 is 1.90 bits per heavy atom. The first-order chi connectivity index (χ1) is 34.8. The summed E-state index contributed by atoms with van der Waals surface area (Å²) in [5.41, 5.74) is 17.0. The van der Waals surface area contributed by atoms with Crippen molar-refractivity contribution in [3.05, 3.63) is 205 Å². The summed E-state index contributed by atoms with van der Waals surface area (Å²) >= 11 is 0. The van der Waals surface area contributed by atoms with Crippen molar-refractivity contribution in [1.82, 2.24) is 9.55 Å². The predicted molar refractivity (Wildman–Crippen MR) is 301 cm³/mol. The van der Waals surface area contributed by atoms with Crippen molar-refractivity contribution in [3.63, 3.8) is 0 Å². The first-order valence-corrected chi connectivity index (χ1v) is 25.4. The van der Waals surface area contributed by atoms with Crippen LogP contribution in [0, 0.1) is 5.92 Å². The second kappa shape index (κ2) is 17.3. The molecule has 12 rings (SSSR count). The molecule has 4 heterocycles. The van der Waals surface area contributed by atoms with E-state index >= 15 is 0 Å². The average Bonchev–Trinajstić information content (AvgIpc) is 4.06. The van der Waals surface area contributed by atoms with E-state index in [-0.39, 0.29) is 10.8 Å². The molecule has 3 aromatic heterocycles. The van der Waals surface area contributed by atoms with Crippen LogP contribution in [-0.2, 0) is 17.3 Å².